The number of benzene rings is 3. The Hall–Kier alpha value is -3.65. The second-order valence-corrected chi connectivity index (χ2v) is 7.85. The molecular weight excluding hydrogens is 443 g/mol. The Balaban J connectivity index is 1.62. The number of rotatable bonds is 10. The molecular formula is C26H26F3N3O2. The lowest BCUT2D eigenvalue weighted by molar-refractivity contribution is -0.120. The van der Waals surface area contributed by atoms with Crippen LogP contribution in [0.5, 0.6) is 0 Å². The molecule has 3 rings (SSSR count). The lowest BCUT2D eigenvalue weighted by Gasteiger charge is -2.21. The maximum Gasteiger partial charge on any atom is 0.238 e. The lowest BCUT2D eigenvalue weighted by atomic mass is 10.0. The van der Waals surface area contributed by atoms with E-state index in [0.29, 0.717) is 25.1 Å². The Morgan fingerprint density at radius 1 is 0.765 bits per heavy atom. The van der Waals surface area contributed by atoms with Gasteiger partial charge in [0.05, 0.1) is 18.8 Å². The Kier molecular flexibility index (Phi) is 8.81. The van der Waals surface area contributed by atoms with Crippen molar-refractivity contribution in [2.45, 2.75) is 19.8 Å². The van der Waals surface area contributed by atoms with E-state index in [4.69, 9.17) is 0 Å². The Morgan fingerprint density at radius 2 is 1.38 bits per heavy atom. The molecule has 2 N–H and O–H groups in total. The van der Waals surface area contributed by atoms with E-state index in [-0.39, 0.29) is 19.0 Å². The Bertz CT molecular complexity index is 1140. The summed E-state index contributed by atoms with van der Waals surface area (Å²) in [7, 11) is 0. The molecule has 0 aromatic heterocycles. The minimum Gasteiger partial charge on any atom is -0.325 e. The van der Waals surface area contributed by atoms with E-state index >= 15 is 0 Å². The zero-order valence-electron chi connectivity index (χ0n) is 18.8. The van der Waals surface area contributed by atoms with E-state index in [0.717, 1.165) is 23.3 Å². The maximum absolute atomic E-state index is 13.8. The van der Waals surface area contributed by atoms with Crippen molar-refractivity contribution in [3.63, 3.8) is 0 Å². The molecule has 2 amide bonds. The van der Waals surface area contributed by atoms with Gasteiger partial charge in [0.15, 0.2) is 17.5 Å². The topological polar surface area (TPSA) is 61.4 Å². The molecule has 3 aromatic rings. The summed E-state index contributed by atoms with van der Waals surface area (Å²) in [6.45, 7) is 2.05. The van der Waals surface area contributed by atoms with Gasteiger partial charge in [0.1, 0.15) is 0 Å². The lowest BCUT2D eigenvalue weighted by Crippen LogP contribution is -2.39. The van der Waals surface area contributed by atoms with Crippen LogP contribution in [0.1, 0.15) is 24.5 Å². The Labute approximate surface area is 196 Å². The first-order valence-electron chi connectivity index (χ1n) is 10.9. The molecule has 0 aliphatic heterocycles. The molecule has 0 atom stereocenters. The van der Waals surface area contributed by atoms with Crippen LogP contribution in [0.4, 0.5) is 24.5 Å². The van der Waals surface area contributed by atoms with Crippen LogP contribution in [-0.4, -0.2) is 36.3 Å². The number of hydrogen-bond acceptors (Lipinski definition) is 3. The van der Waals surface area contributed by atoms with E-state index in [9.17, 15) is 22.8 Å². The first-order valence-corrected chi connectivity index (χ1v) is 10.9. The zero-order valence-corrected chi connectivity index (χ0v) is 18.8. The van der Waals surface area contributed by atoms with Crippen LogP contribution >= 0.6 is 0 Å². The van der Waals surface area contributed by atoms with Crippen LogP contribution in [0.2, 0.25) is 0 Å². The van der Waals surface area contributed by atoms with Crippen molar-refractivity contribution < 1.29 is 22.8 Å². The van der Waals surface area contributed by atoms with Gasteiger partial charge >= 0.3 is 0 Å². The highest BCUT2D eigenvalue weighted by molar-refractivity contribution is 5.95. The van der Waals surface area contributed by atoms with Gasteiger partial charge in [-0.2, -0.15) is 0 Å². The summed E-state index contributed by atoms with van der Waals surface area (Å²) < 4.78 is 40.4. The van der Waals surface area contributed by atoms with Crippen LogP contribution in [0.15, 0.2) is 66.7 Å². The average molecular weight is 470 g/mol. The van der Waals surface area contributed by atoms with Gasteiger partial charge in [0.2, 0.25) is 11.8 Å². The highest BCUT2D eigenvalue weighted by atomic mass is 19.2. The van der Waals surface area contributed by atoms with Crippen LogP contribution < -0.4 is 10.6 Å². The van der Waals surface area contributed by atoms with Crippen LogP contribution in [0, 0.1) is 17.5 Å². The number of nitrogens with one attached hydrogen (secondary N) is 2. The Morgan fingerprint density at radius 3 is 2.06 bits per heavy atom. The number of carbonyl (C=O) groups is 2. The normalized spacial score (nSPS) is 10.9. The molecule has 3 aromatic carbocycles. The minimum absolute atomic E-state index is 0.0683. The van der Waals surface area contributed by atoms with Crippen molar-refractivity contribution in [2.75, 3.05) is 30.3 Å². The van der Waals surface area contributed by atoms with Crippen LogP contribution in [-0.2, 0) is 16.0 Å². The molecule has 0 fully saturated rings. The van der Waals surface area contributed by atoms with Gasteiger partial charge in [-0.3, -0.25) is 14.5 Å². The molecule has 0 aliphatic rings. The van der Waals surface area contributed by atoms with Crippen molar-refractivity contribution in [1.29, 1.82) is 0 Å². The van der Waals surface area contributed by atoms with Crippen LogP contribution in [0.3, 0.4) is 0 Å². The van der Waals surface area contributed by atoms with Gasteiger partial charge in [0, 0.05) is 5.69 Å². The molecule has 0 saturated carbocycles. The van der Waals surface area contributed by atoms with Crippen molar-refractivity contribution in [3.8, 4) is 0 Å². The van der Waals surface area contributed by atoms with Gasteiger partial charge < -0.3 is 10.6 Å². The fourth-order valence-corrected chi connectivity index (χ4v) is 3.55. The molecule has 0 bridgehead atoms. The molecule has 178 valence electrons. The fourth-order valence-electron chi connectivity index (χ4n) is 3.55. The second kappa shape index (κ2) is 12.0. The summed E-state index contributed by atoms with van der Waals surface area (Å²) >= 11 is 0. The summed E-state index contributed by atoms with van der Waals surface area (Å²) in [6.07, 6.45) is 1.32. The molecule has 0 spiro atoms. The average Bonchev–Trinajstić information content (AvgIpc) is 2.81. The number of nitrogens with zero attached hydrogens (tertiary/aromatic N) is 1. The van der Waals surface area contributed by atoms with Gasteiger partial charge in [-0.15, -0.1) is 0 Å². The highest BCUT2D eigenvalue weighted by Gasteiger charge is 2.18. The first kappa shape index (κ1) is 25.0. The third kappa shape index (κ3) is 6.92. The zero-order chi connectivity index (χ0) is 24.5. The largest absolute Gasteiger partial charge is 0.325 e. The number of hydrogen-bond donors (Lipinski definition) is 2. The number of amides is 2. The van der Waals surface area contributed by atoms with Gasteiger partial charge in [-0.05, 0) is 48.7 Å². The van der Waals surface area contributed by atoms with Crippen LogP contribution in [0.25, 0.3) is 0 Å². The van der Waals surface area contributed by atoms with Gasteiger partial charge in [-0.25, -0.2) is 13.2 Å². The molecule has 34 heavy (non-hydrogen) atoms. The summed E-state index contributed by atoms with van der Waals surface area (Å²) in [6, 6.07) is 19.0. The van der Waals surface area contributed by atoms with E-state index in [1.54, 1.807) is 4.90 Å². The van der Waals surface area contributed by atoms with E-state index in [1.807, 2.05) is 61.5 Å². The molecule has 0 aliphatic carbocycles. The summed E-state index contributed by atoms with van der Waals surface area (Å²) in [4.78, 5) is 26.7. The molecule has 0 radical (unpaired) electrons. The minimum atomic E-state index is -1.66. The van der Waals surface area contributed by atoms with Gasteiger partial charge in [0.25, 0.3) is 0 Å². The molecule has 8 heteroatoms. The fraction of sp³-hybridized carbons (Fsp3) is 0.231. The SMILES string of the molecule is CCCN(CC(=O)Nc1ccccc1Cc1ccccc1)CC(=O)Nc1ccc(F)c(F)c1F. The third-order valence-corrected chi connectivity index (χ3v) is 5.11. The van der Waals surface area contributed by atoms with E-state index < -0.39 is 29.0 Å². The molecule has 0 heterocycles. The van der Waals surface area contributed by atoms with Crippen molar-refractivity contribution in [1.82, 2.24) is 4.90 Å². The number of halogens is 3. The van der Waals surface area contributed by atoms with E-state index in [2.05, 4.69) is 10.6 Å². The monoisotopic (exact) mass is 469 g/mol. The van der Waals surface area contributed by atoms with Crippen molar-refractivity contribution in [2.24, 2.45) is 0 Å². The predicted molar refractivity (Wildman–Crippen MR) is 126 cm³/mol. The summed E-state index contributed by atoms with van der Waals surface area (Å²) in [5.74, 6) is -5.41. The quantitative estimate of drug-likeness (QED) is 0.412. The van der Waals surface area contributed by atoms with Crippen molar-refractivity contribution >= 4 is 23.2 Å². The van der Waals surface area contributed by atoms with E-state index in [1.165, 1.54) is 0 Å². The maximum atomic E-state index is 13.8. The van der Waals surface area contributed by atoms with Gasteiger partial charge in [-0.1, -0.05) is 55.5 Å². The number of para-hydroxylation sites is 1. The van der Waals surface area contributed by atoms with Crippen molar-refractivity contribution in [3.05, 3.63) is 95.3 Å². The standard InChI is InChI=1S/C26H26F3N3O2/c1-2-14-32(17-24(34)31-22-13-12-20(27)25(28)26(22)29)16-23(33)30-21-11-7-6-10-19(21)15-18-8-4-3-5-9-18/h3-13H,2,14-17H2,1H3,(H,30,33)(H,31,34). The first-order chi connectivity index (χ1) is 16.4. The summed E-state index contributed by atoms with van der Waals surface area (Å²) in [5, 5.41) is 5.13. The predicted octanol–water partition coefficient (Wildman–Crippen LogP) is 4.98. The third-order valence-electron chi connectivity index (χ3n) is 5.11. The number of anilines is 2. The summed E-state index contributed by atoms with van der Waals surface area (Å²) in [5.41, 5.74) is 2.29. The highest BCUT2D eigenvalue weighted by Crippen LogP contribution is 2.20. The number of carbonyl (C=O) groups excluding carboxylic acids is 2. The molecule has 5 nitrogen and oxygen atoms in total. The molecule has 0 unspecified atom stereocenters. The smallest absolute Gasteiger partial charge is 0.238 e. The second-order valence-electron chi connectivity index (χ2n) is 7.85. The molecule has 0 saturated heterocycles.